The predicted molar refractivity (Wildman–Crippen MR) is 118 cm³/mol. The first-order chi connectivity index (χ1) is 14.8. The van der Waals surface area contributed by atoms with Crippen LogP contribution in [0.4, 0.5) is 4.79 Å². The summed E-state index contributed by atoms with van der Waals surface area (Å²) in [7, 11) is -1.78. The van der Waals surface area contributed by atoms with Crippen LogP contribution in [0.1, 0.15) is 31.2 Å². The van der Waals surface area contributed by atoms with Crippen LogP contribution in [0.5, 0.6) is 0 Å². The number of hydrogen-bond donors (Lipinski definition) is 1. The molecule has 2 atom stereocenters. The third-order valence-electron chi connectivity index (χ3n) is 7.11. The van der Waals surface area contributed by atoms with Gasteiger partial charge in [0.15, 0.2) is 0 Å². The molecule has 3 fully saturated rings. The highest BCUT2D eigenvalue weighted by molar-refractivity contribution is 7.89. The number of hydrogen-bond acceptors (Lipinski definition) is 4. The number of nitrogens with one attached hydrogen (secondary N) is 1. The molecular formula is C22H32N4O4S. The van der Waals surface area contributed by atoms with Crippen LogP contribution in [0, 0.1) is 5.41 Å². The van der Waals surface area contributed by atoms with Gasteiger partial charge in [0.25, 0.3) is 0 Å². The lowest BCUT2D eigenvalue weighted by Gasteiger charge is -2.53. The standard InChI is InChI=1S/C22H32N4O4S/c1-24-19-10-15-26(21(28)23-12-9-18-7-3-2-4-8-18)17-22(19,11-16-31(24,29)30)20(27)25-13-5-6-14-25/h2-4,7-8,19H,5-6,9-17H2,1H3,(H,23,28)/t19-,22+/m1/s1. The Morgan fingerprint density at radius 1 is 1.10 bits per heavy atom. The van der Waals surface area contributed by atoms with Crippen LogP contribution in [0.15, 0.2) is 30.3 Å². The van der Waals surface area contributed by atoms with E-state index in [1.165, 1.54) is 4.31 Å². The summed E-state index contributed by atoms with van der Waals surface area (Å²) < 4.78 is 26.4. The maximum Gasteiger partial charge on any atom is 0.317 e. The highest BCUT2D eigenvalue weighted by atomic mass is 32.2. The van der Waals surface area contributed by atoms with E-state index < -0.39 is 21.5 Å². The zero-order chi connectivity index (χ0) is 22.1. The first-order valence-corrected chi connectivity index (χ1v) is 12.8. The van der Waals surface area contributed by atoms with Crippen molar-refractivity contribution < 1.29 is 18.0 Å². The molecule has 31 heavy (non-hydrogen) atoms. The highest BCUT2D eigenvalue weighted by Gasteiger charge is 2.57. The number of likely N-dealkylation sites (tertiary alicyclic amines) is 2. The zero-order valence-electron chi connectivity index (χ0n) is 18.1. The molecule has 0 bridgehead atoms. The molecule has 3 aliphatic heterocycles. The van der Waals surface area contributed by atoms with Crippen LogP contribution in [0.2, 0.25) is 0 Å². The van der Waals surface area contributed by atoms with Gasteiger partial charge in [-0.05, 0) is 37.7 Å². The van der Waals surface area contributed by atoms with Crippen molar-refractivity contribution in [2.75, 3.05) is 45.5 Å². The number of fused-ring (bicyclic) bond motifs is 1. The van der Waals surface area contributed by atoms with Gasteiger partial charge in [-0.3, -0.25) is 4.79 Å². The monoisotopic (exact) mass is 448 g/mol. The normalized spacial score (nSPS) is 28.2. The number of nitrogens with zero attached hydrogens (tertiary/aromatic N) is 3. The molecule has 0 aliphatic carbocycles. The van der Waals surface area contributed by atoms with E-state index in [2.05, 4.69) is 5.32 Å². The second-order valence-electron chi connectivity index (χ2n) is 8.93. The van der Waals surface area contributed by atoms with Crippen LogP contribution >= 0.6 is 0 Å². The number of urea groups is 1. The van der Waals surface area contributed by atoms with Crippen molar-refractivity contribution >= 4 is 22.0 Å². The van der Waals surface area contributed by atoms with Crippen molar-refractivity contribution in [3.63, 3.8) is 0 Å². The average Bonchev–Trinajstić information content (AvgIpc) is 3.31. The summed E-state index contributed by atoms with van der Waals surface area (Å²) in [5, 5.41) is 2.98. The Labute approximate surface area is 184 Å². The van der Waals surface area contributed by atoms with Crippen molar-refractivity contribution in [1.29, 1.82) is 0 Å². The summed E-state index contributed by atoms with van der Waals surface area (Å²) in [6.07, 6.45) is 3.44. The summed E-state index contributed by atoms with van der Waals surface area (Å²) in [5.41, 5.74) is 0.292. The summed E-state index contributed by atoms with van der Waals surface area (Å²) in [6.45, 7) is 2.66. The van der Waals surface area contributed by atoms with Crippen LogP contribution < -0.4 is 5.32 Å². The lowest BCUT2D eigenvalue weighted by Crippen LogP contribution is -2.68. The van der Waals surface area contributed by atoms with Crippen molar-refractivity contribution in [2.24, 2.45) is 5.41 Å². The summed E-state index contributed by atoms with van der Waals surface area (Å²) >= 11 is 0. The third kappa shape index (κ3) is 4.30. The maximum absolute atomic E-state index is 13.6. The molecule has 4 rings (SSSR count). The van der Waals surface area contributed by atoms with E-state index >= 15 is 0 Å². The van der Waals surface area contributed by atoms with Gasteiger partial charge in [0, 0.05) is 45.8 Å². The number of piperidine rings is 1. The number of carbonyl (C=O) groups is 2. The molecule has 0 saturated carbocycles. The summed E-state index contributed by atoms with van der Waals surface area (Å²) in [5.74, 6) is -0.0400. The quantitative estimate of drug-likeness (QED) is 0.752. The van der Waals surface area contributed by atoms with Gasteiger partial charge in [-0.1, -0.05) is 30.3 Å². The van der Waals surface area contributed by atoms with Crippen LogP contribution in [0.25, 0.3) is 0 Å². The molecule has 1 N–H and O–H groups in total. The van der Waals surface area contributed by atoms with Crippen LogP contribution in [-0.4, -0.2) is 86.0 Å². The minimum Gasteiger partial charge on any atom is -0.342 e. The molecule has 0 radical (unpaired) electrons. The predicted octanol–water partition coefficient (Wildman–Crippen LogP) is 1.29. The van der Waals surface area contributed by atoms with Gasteiger partial charge in [0.1, 0.15) is 0 Å². The van der Waals surface area contributed by atoms with Crippen molar-refractivity contribution in [1.82, 2.24) is 19.4 Å². The van der Waals surface area contributed by atoms with Crippen molar-refractivity contribution in [3.05, 3.63) is 35.9 Å². The molecular weight excluding hydrogens is 416 g/mol. The molecule has 3 heterocycles. The fourth-order valence-electron chi connectivity index (χ4n) is 5.30. The molecule has 0 unspecified atom stereocenters. The molecule has 1 aromatic carbocycles. The van der Waals surface area contributed by atoms with Gasteiger partial charge in [0.05, 0.1) is 11.2 Å². The molecule has 3 amide bonds. The molecule has 3 saturated heterocycles. The zero-order valence-corrected chi connectivity index (χ0v) is 18.9. The first kappa shape index (κ1) is 22.1. The minimum absolute atomic E-state index is 0.0125. The second-order valence-corrected chi connectivity index (χ2v) is 11.1. The van der Waals surface area contributed by atoms with E-state index in [9.17, 15) is 18.0 Å². The molecule has 0 aromatic heterocycles. The van der Waals surface area contributed by atoms with Gasteiger partial charge in [-0.15, -0.1) is 0 Å². The summed E-state index contributed by atoms with van der Waals surface area (Å²) in [4.78, 5) is 30.1. The van der Waals surface area contributed by atoms with E-state index in [1.54, 1.807) is 11.9 Å². The number of benzene rings is 1. The molecule has 170 valence electrons. The number of rotatable bonds is 4. The smallest absolute Gasteiger partial charge is 0.317 e. The van der Waals surface area contributed by atoms with Gasteiger partial charge >= 0.3 is 6.03 Å². The Bertz CT molecular complexity index is 917. The van der Waals surface area contributed by atoms with Gasteiger partial charge in [0.2, 0.25) is 15.9 Å². The van der Waals surface area contributed by atoms with Crippen LogP contribution in [-0.2, 0) is 21.2 Å². The largest absolute Gasteiger partial charge is 0.342 e. The van der Waals surface area contributed by atoms with E-state index in [4.69, 9.17) is 0 Å². The molecule has 0 spiro atoms. The number of amides is 3. The fraction of sp³-hybridized carbons (Fsp3) is 0.636. The average molecular weight is 449 g/mol. The Morgan fingerprint density at radius 2 is 1.81 bits per heavy atom. The lowest BCUT2D eigenvalue weighted by molar-refractivity contribution is -0.148. The SMILES string of the molecule is CN1[C@@H]2CCN(C(=O)NCCc3ccccc3)C[C@@]2(C(=O)N2CCCC2)CCS1(=O)=O. The molecule has 9 heteroatoms. The van der Waals surface area contributed by atoms with Crippen LogP contribution in [0.3, 0.4) is 0 Å². The summed E-state index contributed by atoms with van der Waals surface area (Å²) in [6, 6.07) is 9.39. The Balaban J connectivity index is 1.48. The Hall–Kier alpha value is -2.13. The van der Waals surface area contributed by atoms with E-state index in [0.29, 0.717) is 32.6 Å². The first-order valence-electron chi connectivity index (χ1n) is 11.2. The fourth-order valence-corrected chi connectivity index (χ4v) is 6.90. The van der Waals surface area contributed by atoms with E-state index in [1.807, 2.05) is 35.2 Å². The lowest BCUT2D eigenvalue weighted by atomic mass is 9.72. The third-order valence-corrected chi connectivity index (χ3v) is 8.96. The van der Waals surface area contributed by atoms with E-state index in [-0.39, 0.29) is 30.7 Å². The molecule has 3 aliphatic rings. The molecule has 8 nitrogen and oxygen atoms in total. The Morgan fingerprint density at radius 3 is 2.52 bits per heavy atom. The topological polar surface area (TPSA) is 90.0 Å². The second kappa shape index (κ2) is 8.78. The maximum atomic E-state index is 13.6. The molecule has 1 aromatic rings. The number of sulfonamides is 1. The van der Waals surface area contributed by atoms with Crippen molar-refractivity contribution in [3.8, 4) is 0 Å². The van der Waals surface area contributed by atoms with Gasteiger partial charge in [-0.2, -0.15) is 0 Å². The van der Waals surface area contributed by atoms with E-state index in [0.717, 1.165) is 24.8 Å². The Kier molecular flexibility index (Phi) is 6.25. The number of carbonyl (C=O) groups excluding carboxylic acids is 2. The van der Waals surface area contributed by atoms with Gasteiger partial charge < -0.3 is 15.1 Å². The van der Waals surface area contributed by atoms with Crippen molar-refractivity contribution in [2.45, 2.75) is 38.1 Å². The minimum atomic E-state index is -3.37. The highest BCUT2D eigenvalue weighted by Crippen LogP contribution is 2.43. The van der Waals surface area contributed by atoms with Gasteiger partial charge in [-0.25, -0.2) is 17.5 Å².